The molecule has 0 aliphatic carbocycles. The SMILES string of the molecule is CCn1c(C(N)CCSC)nc2cc(C)ccc21. The molecule has 1 aromatic carbocycles. The summed E-state index contributed by atoms with van der Waals surface area (Å²) < 4.78 is 2.24. The lowest BCUT2D eigenvalue weighted by Gasteiger charge is -2.12. The number of rotatable bonds is 5. The van der Waals surface area contributed by atoms with E-state index in [1.165, 1.54) is 11.1 Å². The number of hydrogen-bond acceptors (Lipinski definition) is 3. The summed E-state index contributed by atoms with van der Waals surface area (Å²) in [6.45, 7) is 5.16. The zero-order valence-electron chi connectivity index (χ0n) is 11.3. The van der Waals surface area contributed by atoms with E-state index in [1.807, 2.05) is 11.8 Å². The van der Waals surface area contributed by atoms with Gasteiger partial charge < -0.3 is 10.3 Å². The molecule has 1 atom stereocenters. The first-order valence-corrected chi connectivity index (χ1v) is 7.78. The van der Waals surface area contributed by atoms with Crippen molar-refractivity contribution in [2.24, 2.45) is 5.73 Å². The third-order valence-corrected chi connectivity index (χ3v) is 3.86. The highest BCUT2D eigenvalue weighted by Crippen LogP contribution is 2.23. The van der Waals surface area contributed by atoms with Crippen LogP contribution in [0.5, 0.6) is 0 Å². The van der Waals surface area contributed by atoms with Crippen LogP contribution in [0, 0.1) is 6.92 Å². The molecule has 18 heavy (non-hydrogen) atoms. The summed E-state index contributed by atoms with van der Waals surface area (Å²) in [5, 5.41) is 0. The van der Waals surface area contributed by atoms with Crippen LogP contribution in [-0.4, -0.2) is 21.6 Å². The van der Waals surface area contributed by atoms with E-state index in [2.05, 4.69) is 42.9 Å². The van der Waals surface area contributed by atoms with Crippen molar-refractivity contribution in [3.8, 4) is 0 Å². The highest BCUT2D eigenvalue weighted by Gasteiger charge is 2.15. The van der Waals surface area contributed by atoms with Crippen LogP contribution in [0.3, 0.4) is 0 Å². The van der Waals surface area contributed by atoms with Crippen LogP contribution in [0.25, 0.3) is 11.0 Å². The number of thioether (sulfide) groups is 1. The first kappa shape index (κ1) is 13.4. The maximum atomic E-state index is 6.26. The summed E-state index contributed by atoms with van der Waals surface area (Å²) >= 11 is 1.83. The molecule has 0 aliphatic heterocycles. The first-order valence-electron chi connectivity index (χ1n) is 6.38. The molecule has 98 valence electrons. The van der Waals surface area contributed by atoms with E-state index in [0.29, 0.717) is 0 Å². The molecule has 4 heteroatoms. The zero-order chi connectivity index (χ0) is 13.1. The number of imidazole rings is 1. The number of hydrogen-bond donors (Lipinski definition) is 1. The molecular weight excluding hydrogens is 242 g/mol. The summed E-state index contributed by atoms with van der Waals surface area (Å²) in [6.07, 6.45) is 3.09. The quantitative estimate of drug-likeness (QED) is 0.901. The van der Waals surface area contributed by atoms with Crippen LogP contribution in [-0.2, 0) is 6.54 Å². The summed E-state index contributed by atoms with van der Waals surface area (Å²) in [6, 6.07) is 6.44. The Morgan fingerprint density at radius 1 is 1.44 bits per heavy atom. The first-order chi connectivity index (χ1) is 8.67. The monoisotopic (exact) mass is 263 g/mol. The lowest BCUT2D eigenvalue weighted by Crippen LogP contribution is -2.17. The number of aromatic nitrogens is 2. The second-order valence-electron chi connectivity index (χ2n) is 4.59. The minimum absolute atomic E-state index is 0.0325. The molecule has 0 aliphatic rings. The number of aryl methyl sites for hydroxylation is 2. The number of nitrogens with zero attached hydrogens (tertiary/aromatic N) is 2. The van der Waals surface area contributed by atoms with Gasteiger partial charge in [0.1, 0.15) is 5.82 Å². The molecule has 1 heterocycles. The van der Waals surface area contributed by atoms with Crippen LogP contribution >= 0.6 is 11.8 Å². The van der Waals surface area contributed by atoms with E-state index in [4.69, 9.17) is 10.7 Å². The molecule has 0 saturated carbocycles. The lowest BCUT2D eigenvalue weighted by molar-refractivity contribution is 0.601. The van der Waals surface area contributed by atoms with Gasteiger partial charge in [-0.05, 0) is 50.0 Å². The molecule has 0 saturated heterocycles. The predicted octanol–water partition coefficient (Wildman–Crippen LogP) is 3.12. The third kappa shape index (κ3) is 2.54. The van der Waals surface area contributed by atoms with E-state index >= 15 is 0 Å². The van der Waals surface area contributed by atoms with Crippen molar-refractivity contribution in [3.05, 3.63) is 29.6 Å². The van der Waals surface area contributed by atoms with Gasteiger partial charge in [-0.1, -0.05) is 6.07 Å². The van der Waals surface area contributed by atoms with Gasteiger partial charge in [-0.25, -0.2) is 4.98 Å². The van der Waals surface area contributed by atoms with Crippen molar-refractivity contribution >= 4 is 22.8 Å². The molecule has 0 spiro atoms. The van der Waals surface area contributed by atoms with E-state index in [1.54, 1.807) is 0 Å². The number of benzene rings is 1. The van der Waals surface area contributed by atoms with Crippen LogP contribution in [0.4, 0.5) is 0 Å². The van der Waals surface area contributed by atoms with Crippen molar-refractivity contribution in [3.63, 3.8) is 0 Å². The molecule has 0 amide bonds. The van der Waals surface area contributed by atoms with Crippen molar-refractivity contribution < 1.29 is 0 Å². The van der Waals surface area contributed by atoms with Gasteiger partial charge in [0.2, 0.25) is 0 Å². The highest BCUT2D eigenvalue weighted by atomic mass is 32.2. The van der Waals surface area contributed by atoms with Gasteiger partial charge >= 0.3 is 0 Å². The summed E-state index contributed by atoms with van der Waals surface area (Å²) in [5.41, 5.74) is 9.76. The predicted molar refractivity (Wildman–Crippen MR) is 80.1 cm³/mol. The summed E-state index contributed by atoms with van der Waals surface area (Å²) in [7, 11) is 0. The second-order valence-corrected chi connectivity index (χ2v) is 5.58. The topological polar surface area (TPSA) is 43.8 Å². The smallest absolute Gasteiger partial charge is 0.126 e. The molecule has 0 bridgehead atoms. The van der Waals surface area contributed by atoms with Crippen molar-refractivity contribution in [1.82, 2.24) is 9.55 Å². The minimum atomic E-state index is 0.0325. The van der Waals surface area contributed by atoms with Crippen molar-refractivity contribution in [1.29, 1.82) is 0 Å². The Morgan fingerprint density at radius 2 is 2.22 bits per heavy atom. The van der Waals surface area contributed by atoms with Gasteiger partial charge in [0.25, 0.3) is 0 Å². The van der Waals surface area contributed by atoms with E-state index in [-0.39, 0.29) is 6.04 Å². The van der Waals surface area contributed by atoms with E-state index in [0.717, 1.165) is 30.1 Å². The highest BCUT2D eigenvalue weighted by molar-refractivity contribution is 7.98. The van der Waals surface area contributed by atoms with Crippen molar-refractivity contribution in [2.45, 2.75) is 32.9 Å². The van der Waals surface area contributed by atoms with Crippen LogP contribution in [0.15, 0.2) is 18.2 Å². The Balaban J connectivity index is 2.43. The van der Waals surface area contributed by atoms with Gasteiger partial charge in [0, 0.05) is 6.54 Å². The van der Waals surface area contributed by atoms with Crippen LogP contribution in [0.1, 0.15) is 30.8 Å². The molecule has 2 N–H and O–H groups in total. The maximum Gasteiger partial charge on any atom is 0.126 e. The average molecular weight is 263 g/mol. The van der Waals surface area contributed by atoms with E-state index < -0.39 is 0 Å². The Morgan fingerprint density at radius 3 is 2.89 bits per heavy atom. The summed E-state index contributed by atoms with van der Waals surface area (Å²) in [4.78, 5) is 4.73. The summed E-state index contributed by atoms with van der Waals surface area (Å²) in [5.74, 6) is 2.10. The number of nitrogens with two attached hydrogens (primary N) is 1. The Hall–Kier alpha value is -1.00. The van der Waals surface area contributed by atoms with Gasteiger partial charge in [-0.3, -0.25) is 0 Å². The fraction of sp³-hybridized carbons (Fsp3) is 0.500. The molecule has 2 rings (SSSR count). The molecule has 0 fully saturated rings. The van der Waals surface area contributed by atoms with Crippen LogP contribution in [0.2, 0.25) is 0 Å². The van der Waals surface area contributed by atoms with Gasteiger partial charge in [-0.2, -0.15) is 11.8 Å². The van der Waals surface area contributed by atoms with E-state index in [9.17, 15) is 0 Å². The van der Waals surface area contributed by atoms with Gasteiger partial charge in [0.05, 0.1) is 17.1 Å². The largest absolute Gasteiger partial charge is 0.327 e. The fourth-order valence-corrected chi connectivity index (χ4v) is 2.74. The third-order valence-electron chi connectivity index (χ3n) is 3.21. The average Bonchev–Trinajstić information content (AvgIpc) is 2.73. The normalized spacial score (nSPS) is 13.1. The molecular formula is C14H21N3S. The second kappa shape index (κ2) is 5.76. The minimum Gasteiger partial charge on any atom is -0.327 e. The molecule has 1 unspecified atom stereocenters. The molecule has 2 aromatic rings. The van der Waals surface area contributed by atoms with Gasteiger partial charge in [-0.15, -0.1) is 0 Å². The Labute approximate surface area is 113 Å². The maximum absolute atomic E-state index is 6.26. The number of fused-ring (bicyclic) bond motifs is 1. The lowest BCUT2D eigenvalue weighted by atomic mass is 10.2. The Bertz CT molecular complexity index is 533. The molecule has 1 aromatic heterocycles. The molecule has 3 nitrogen and oxygen atoms in total. The Kier molecular flexibility index (Phi) is 4.30. The zero-order valence-corrected chi connectivity index (χ0v) is 12.1. The molecule has 0 radical (unpaired) electrons. The fourth-order valence-electron chi connectivity index (χ4n) is 2.25. The van der Waals surface area contributed by atoms with Crippen LogP contribution < -0.4 is 5.73 Å². The van der Waals surface area contributed by atoms with Gasteiger partial charge in [0.15, 0.2) is 0 Å². The standard InChI is InChI=1S/C14H21N3S/c1-4-17-13-6-5-10(2)9-12(13)16-14(17)11(15)7-8-18-3/h5-6,9,11H,4,7-8,15H2,1-3H3. The van der Waals surface area contributed by atoms with Crippen molar-refractivity contribution in [2.75, 3.05) is 12.0 Å².